The molecule has 2 heterocycles. The van der Waals surface area contributed by atoms with Crippen LogP contribution in [0, 0.1) is 0 Å². The van der Waals surface area contributed by atoms with Crippen LogP contribution in [0.2, 0.25) is 0 Å². The summed E-state index contributed by atoms with van der Waals surface area (Å²) in [7, 11) is -3.22. The number of aromatic nitrogens is 3. The molecule has 0 atom stereocenters. The molecule has 0 bridgehead atoms. The maximum atomic E-state index is 15.5. The van der Waals surface area contributed by atoms with Crippen LogP contribution in [0.1, 0.15) is 0 Å². The maximum absolute atomic E-state index is 15.5. The summed E-state index contributed by atoms with van der Waals surface area (Å²) in [6.07, 6.45) is 0. The van der Waals surface area contributed by atoms with E-state index in [0.29, 0.717) is 17.5 Å². The van der Waals surface area contributed by atoms with Gasteiger partial charge in [0.05, 0.1) is 0 Å². The van der Waals surface area contributed by atoms with E-state index in [1.807, 2.05) is 146 Å². The Bertz CT molecular complexity index is 3340. The van der Waals surface area contributed by atoms with Crippen molar-refractivity contribution in [2.24, 2.45) is 0 Å². The highest BCUT2D eigenvalue weighted by Crippen LogP contribution is 2.46. The van der Waals surface area contributed by atoms with Gasteiger partial charge < -0.3 is 8.98 Å². The number of furan rings is 1. The topological polar surface area (TPSA) is 68.9 Å². The molecule has 11 aromatic rings. The summed E-state index contributed by atoms with van der Waals surface area (Å²) in [6, 6.07) is 73.3. The van der Waals surface area contributed by atoms with Crippen LogP contribution < -0.4 is 15.9 Å². The van der Waals surface area contributed by atoms with Gasteiger partial charge in [0, 0.05) is 43.4 Å². The van der Waals surface area contributed by atoms with Crippen LogP contribution in [0.5, 0.6) is 0 Å². The molecule has 288 valence electrons. The van der Waals surface area contributed by atoms with Crippen molar-refractivity contribution in [3.63, 3.8) is 0 Å². The predicted molar refractivity (Wildman–Crippen MR) is 251 cm³/mol. The van der Waals surface area contributed by atoms with Crippen LogP contribution in [0.3, 0.4) is 0 Å². The molecule has 6 heteroatoms. The molecule has 0 amide bonds. The molecule has 0 unspecified atom stereocenters. The third kappa shape index (κ3) is 6.44. The largest absolute Gasteiger partial charge is 0.456 e. The van der Waals surface area contributed by atoms with E-state index in [0.717, 1.165) is 87.6 Å². The summed E-state index contributed by atoms with van der Waals surface area (Å²) < 4.78 is 22.1. The van der Waals surface area contributed by atoms with Crippen LogP contribution in [0.25, 0.3) is 89.1 Å². The van der Waals surface area contributed by atoms with Crippen molar-refractivity contribution in [3.05, 3.63) is 218 Å². The number of nitrogens with zero attached hydrogens (tertiary/aromatic N) is 3. The van der Waals surface area contributed by atoms with Gasteiger partial charge in [-0.25, -0.2) is 15.0 Å². The highest BCUT2D eigenvalue weighted by atomic mass is 31.2. The molecule has 0 spiro atoms. The van der Waals surface area contributed by atoms with Crippen molar-refractivity contribution in [2.75, 3.05) is 0 Å². The Kier molecular flexibility index (Phi) is 9.03. The van der Waals surface area contributed by atoms with Gasteiger partial charge in [-0.05, 0) is 63.4 Å². The lowest BCUT2D eigenvalue weighted by atomic mass is 9.90. The van der Waals surface area contributed by atoms with Crippen molar-refractivity contribution in [3.8, 4) is 56.4 Å². The van der Waals surface area contributed by atoms with Crippen LogP contribution in [-0.2, 0) is 4.57 Å². The normalized spacial score (nSPS) is 11.7. The molecule has 2 aromatic heterocycles. The van der Waals surface area contributed by atoms with Gasteiger partial charge in [-0.3, -0.25) is 0 Å². The monoisotopic (exact) mass is 801 g/mol. The molecule has 0 saturated carbocycles. The standard InChI is InChI=1S/C55H36N3O2P/c59-61(41-23-9-3-10-24-41,42-25-11-4-12-26-42)43-27-17-22-39(34-43)40-35-49(52-48-30-15-16-31-50(48)60-51(52)36-40)46-32-33-47(45-29-14-13-28-44(45)46)55-57-53(37-18-5-1-6-19-37)56-54(58-55)38-20-7-2-8-21-38/h1-36H. The SMILES string of the molecule is O=P(c1ccccc1)(c1ccccc1)c1cccc(-c2cc(-c3ccc(-c4nc(-c5ccccc5)nc(-c5ccccc5)n4)c4ccccc34)c3c(c2)oc2ccccc23)c1. The third-order valence-electron chi connectivity index (χ3n) is 11.4. The molecule has 9 aromatic carbocycles. The zero-order valence-corrected chi connectivity index (χ0v) is 33.8. The fraction of sp³-hybridized carbons (Fsp3) is 0. The number of hydrogen-bond donors (Lipinski definition) is 0. The second-order valence-electron chi connectivity index (χ2n) is 15.1. The first-order valence-corrected chi connectivity index (χ1v) is 22.0. The van der Waals surface area contributed by atoms with Crippen molar-refractivity contribution >= 4 is 55.8 Å². The highest BCUT2D eigenvalue weighted by molar-refractivity contribution is 7.85. The third-order valence-corrected chi connectivity index (χ3v) is 14.5. The molecule has 0 fully saturated rings. The minimum Gasteiger partial charge on any atom is -0.456 e. The molecular formula is C55H36N3O2P. The molecule has 11 rings (SSSR count). The van der Waals surface area contributed by atoms with Crippen molar-refractivity contribution in [2.45, 2.75) is 0 Å². The van der Waals surface area contributed by atoms with Gasteiger partial charge in [-0.1, -0.05) is 188 Å². The molecular weight excluding hydrogens is 766 g/mol. The van der Waals surface area contributed by atoms with Gasteiger partial charge in [0.15, 0.2) is 24.6 Å². The van der Waals surface area contributed by atoms with Crippen LogP contribution in [-0.4, -0.2) is 15.0 Å². The highest BCUT2D eigenvalue weighted by Gasteiger charge is 2.30. The van der Waals surface area contributed by atoms with Crippen LogP contribution >= 0.6 is 7.14 Å². The van der Waals surface area contributed by atoms with E-state index in [2.05, 4.69) is 72.8 Å². The summed E-state index contributed by atoms with van der Waals surface area (Å²) in [5, 5.41) is 6.50. The van der Waals surface area contributed by atoms with E-state index in [9.17, 15) is 0 Å². The lowest BCUT2D eigenvalue weighted by Gasteiger charge is -2.21. The fourth-order valence-electron chi connectivity index (χ4n) is 8.50. The number of rotatable bonds is 8. The molecule has 0 N–H and O–H groups in total. The molecule has 61 heavy (non-hydrogen) atoms. The maximum Gasteiger partial charge on any atom is 0.171 e. The Morgan fingerprint density at radius 2 is 0.803 bits per heavy atom. The summed E-state index contributed by atoms with van der Waals surface area (Å²) in [5.41, 5.74) is 8.33. The van der Waals surface area contributed by atoms with Gasteiger partial charge in [-0.2, -0.15) is 0 Å². The predicted octanol–water partition coefficient (Wildman–Crippen LogP) is 12.9. The second kappa shape index (κ2) is 15.1. The smallest absolute Gasteiger partial charge is 0.171 e. The van der Waals surface area contributed by atoms with Crippen LogP contribution in [0.15, 0.2) is 223 Å². The van der Waals surface area contributed by atoms with E-state index < -0.39 is 7.14 Å². The van der Waals surface area contributed by atoms with Crippen molar-refractivity contribution in [1.29, 1.82) is 0 Å². The van der Waals surface area contributed by atoms with E-state index in [1.54, 1.807) is 0 Å². The van der Waals surface area contributed by atoms with Gasteiger partial charge in [0.25, 0.3) is 0 Å². The Balaban J connectivity index is 1.12. The minimum absolute atomic E-state index is 0.598. The first kappa shape index (κ1) is 36.4. The zero-order chi connectivity index (χ0) is 40.8. The van der Waals surface area contributed by atoms with Gasteiger partial charge in [0.2, 0.25) is 0 Å². The van der Waals surface area contributed by atoms with E-state index in [4.69, 9.17) is 19.4 Å². The Labute approximate surface area is 353 Å². The van der Waals surface area contributed by atoms with Gasteiger partial charge >= 0.3 is 0 Å². The van der Waals surface area contributed by atoms with Gasteiger partial charge in [0.1, 0.15) is 11.2 Å². The fourth-order valence-corrected chi connectivity index (χ4v) is 11.2. The molecule has 5 nitrogen and oxygen atoms in total. The number of fused-ring (bicyclic) bond motifs is 4. The Morgan fingerprint density at radius 1 is 0.328 bits per heavy atom. The summed E-state index contributed by atoms with van der Waals surface area (Å²) in [5.74, 6) is 1.83. The molecule has 0 radical (unpaired) electrons. The Hall–Kier alpha value is -7.72. The first-order chi connectivity index (χ1) is 30.1. The molecule has 0 aliphatic carbocycles. The lowest BCUT2D eigenvalue weighted by Crippen LogP contribution is -2.25. The minimum atomic E-state index is -3.22. The van der Waals surface area contributed by atoms with Crippen molar-refractivity contribution in [1.82, 2.24) is 15.0 Å². The van der Waals surface area contributed by atoms with Crippen molar-refractivity contribution < 1.29 is 8.98 Å². The van der Waals surface area contributed by atoms with Gasteiger partial charge in [-0.15, -0.1) is 0 Å². The zero-order valence-electron chi connectivity index (χ0n) is 32.9. The molecule has 0 aliphatic rings. The molecule has 0 saturated heterocycles. The van der Waals surface area contributed by atoms with E-state index >= 15 is 4.57 Å². The summed E-state index contributed by atoms with van der Waals surface area (Å²) in [6.45, 7) is 0. The average molecular weight is 802 g/mol. The number of para-hydroxylation sites is 1. The number of benzene rings is 9. The molecule has 0 aliphatic heterocycles. The average Bonchev–Trinajstić information content (AvgIpc) is 3.73. The first-order valence-electron chi connectivity index (χ1n) is 20.3. The van der Waals surface area contributed by atoms with E-state index in [-0.39, 0.29) is 0 Å². The number of hydrogen-bond acceptors (Lipinski definition) is 5. The summed E-state index contributed by atoms with van der Waals surface area (Å²) in [4.78, 5) is 15.1. The Morgan fingerprint density at radius 3 is 1.43 bits per heavy atom. The van der Waals surface area contributed by atoms with E-state index in [1.165, 1.54) is 0 Å². The second-order valence-corrected chi connectivity index (χ2v) is 17.8. The quantitative estimate of drug-likeness (QED) is 0.143. The van der Waals surface area contributed by atoms with Crippen LogP contribution in [0.4, 0.5) is 0 Å². The summed E-state index contributed by atoms with van der Waals surface area (Å²) >= 11 is 0. The lowest BCUT2D eigenvalue weighted by molar-refractivity contribution is 0.592.